The molecule has 0 spiro atoms. The number of halogens is 1. The van der Waals surface area contributed by atoms with E-state index in [4.69, 9.17) is 20.9 Å². The Morgan fingerprint density at radius 2 is 2.33 bits per heavy atom. The molecule has 7 heteroatoms. The second kappa shape index (κ2) is 5.39. The molecule has 2 aromatic rings. The van der Waals surface area contributed by atoms with Gasteiger partial charge < -0.3 is 9.26 Å². The molecule has 0 saturated heterocycles. The molecule has 0 saturated carbocycles. The second-order valence-corrected chi connectivity index (χ2v) is 4.44. The maximum absolute atomic E-state index is 6.14. The second-order valence-electron chi connectivity index (χ2n) is 3.91. The number of hydrogen-bond donors (Lipinski definition) is 0. The molecule has 0 aliphatic rings. The fraction of sp³-hybridized carbons (Fsp3) is 0.545. The summed E-state index contributed by atoms with van der Waals surface area (Å²) in [7, 11) is 3.36. The molecule has 1 atom stereocenters. The molecule has 2 heterocycles. The van der Waals surface area contributed by atoms with Crippen LogP contribution in [-0.4, -0.2) is 27.0 Å². The van der Waals surface area contributed by atoms with Gasteiger partial charge >= 0.3 is 0 Å². The van der Waals surface area contributed by atoms with Crippen molar-refractivity contribution >= 4 is 11.6 Å². The van der Waals surface area contributed by atoms with Crippen LogP contribution in [0.25, 0.3) is 11.6 Å². The lowest BCUT2D eigenvalue weighted by atomic mass is 10.2. The number of nitrogens with zero attached hydrogens (tertiary/aromatic N) is 4. The molecule has 0 aliphatic carbocycles. The molecular formula is C11H15ClN4O2. The SMILES string of the molecule is CCCC(Cl)c1noc(-c2cc(OC)n(C)n2)n1. The summed E-state index contributed by atoms with van der Waals surface area (Å²) in [5.41, 5.74) is 0.577. The highest BCUT2D eigenvalue weighted by atomic mass is 35.5. The van der Waals surface area contributed by atoms with Crippen LogP contribution in [0.2, 0.25) is 0 Å². The summed E-state index contributed by atoms with van der Waals surface area (Å²) >= 11 is 6.14. The van der Waals surface area contributed by atoms with Crippen molar-refractivity contribution in [1.29, 1.82) is 0 Å². The number of aryl methyl sites for hydroxylation is 1. The Bertz CT molecular complexity index is 523. The molecule has 2 aromatic heterocycles. The Labute approximate surface area is 110 Å². The van der Waals surface area contributed by atoms with E-state index in [9.17, 15) is 0 Å². The minimum atomic E-state index is -0.224. The van der Waals surface area contributed by atoms with Gasteiger partial charge in [-0.2, -0.15) is 10.1 Å². The molecule has 0 fully saturated rings. The van der Waals surface area contributed by atoms with E-state index < -0.39 is 0 Å². The average molecular weight is 271 g/mol. The summed E-state index contributed by atoms with van der Waals surface area (Å²) in [6, 6.07) is 1.74. The molecule has 6 nitrogen and oxygen atoms in total. The predicted octanol–water partition coefficient (Wildman–Crippen LogP) is 2.56. The van der Waals surface area contributed by atoms with Crippen LogP contribution in [0, 0.1) is 0 Å². The maximum atomic E-state index is 6.14. The molecule has 98 valence electrons. The lowest BCUT2D eigenvalue weighted by molar-refractivity contribution is 0.373. The largest absolute Gasteiger partial charge is 0.481 e. The zero-order valence-electron chi connectivity index (χ0n) is 10.6. The molecule has 0 N–H and O–H groups in total. The van der Waals surface area contributed by atoms with Gasteiger partial charge in [0, 0.05) is 13.1 Å². The minimum absolute atomic E-state index is 0.224. The van der Waals surface area contributed by atoms with Gasteiger partial charge in [-0.1, -0.05) is 18.5 Å². The highest BCUT2D eigenvalue weighted by Gasteiger charge is 2.18. The molecule has 0 aromatic carbocycles. The monoisotopic (exact) mass is 270 g/mol. The van der Waals surface area contributed by atoms with Gasteiger partial charge in [-0.05, 0) is 6.42 Å². The number of hydrogen-bond acceptors (Lipinski definition) is 5. The van der Waals surface area contributed by atoms with E-state index in [2.05, 4.69) is 22.2 Å². The van der Waals surface area contributed by atoms with Gasteiger partial charge in [0.05, 0.1) is 12.5 Å². The van der Waals surface area contributed by atoms with Crippen molar-refractivity contribution in [2.24, 2.45) is 7.05 Å². The molecule has 0 radical (unpaired) electrons. The summed E-state index contributed by atoms with van der Waals surface area (Å²) in [5.74, 6) is 1.48. The maximum Gasteiger partial charge on any atom is 0.278 e. The number of aromatic nitrogens is 4. The van der Waals surface area contributed by atoms with Crippen LogP contribution in [0.3, 0.4) is 0 Å². The van der Waals surface area contributed by atoms with Gasteiger partial charge in [-0.25, -0.2) is 4.68 Å². The van der Waals surface area contributed by atoms with Gasteiger partial charge in [0.2, 0.25) is 5.88 Å². The molecule has 18 heavy (non-hydrogen) atoms. The van der Waals surface area contributed by atoms with E-state index in [1.165, 1.54) is 0 Å². The molecule has 0 bridgehead atoms. The minimum Gasteiger partial charge on any atom is -0.481 e. The van der Waals surface area contributed by atoms with E-state index >= 15 is 0 Å². The highest BCUT2D eigenvalue weighted by Crippen LogP contribution is 2.26. The lowest BCUT2D eigenvalue weighted by Crippen LogP contribution is -1.94. The first-order valence-electron chi connectivity index (χ1n) is 5.71. The van der Waals surface area contributed by atoms with Crippen LogP contribution in [0.1, 0.15) is 31.0 Å². The van der Waals surface area contributed by atoms with Crippen molar-refractivity contribution in [3.63, 3.8) is 0 Å². The molecule has 0 amide bonds. The standard InChI is InChI=1S/C11H15ClN4O2/c1-4-5-7(12)10-13-11(18-15-10)8-6-9(17-3)16(2)14-8/h6-7H,4-5H2,1-3H3. The summed E-state index contributed by atoms with van der Waals surface area (Å²) in [5, 5.41) is 7.87. The quantitative estimate of drug-likeness (QED) is 0.781. The summed E-state index contributed by atoms with van der Waals surface area (Å²) < 4.78 is 11.9. The van der Waals surface area contributed by atoms with Crippen molar-refractivity contribution in [2.75, 3.05) is 7.11 Å². The van der Waals surface area contributed by atoms with Crippen molar-refractivity contribution in [2.45, 2.75) is 25.1 Å². The summed E-state index contributed by atoms with van der Waals surface area (Å²) in [6.45, 7) is 2.06. The Morgan fingerprint density at radius 1 is 1.56 bits per heavy atom. The van der Waals surface area contributed by atoms with Crippen molar-refractivity contribution in [3.05, 3.63) is 11.9 Å². The zero-order chi connectivity index (χ0) is 13.1. The van der Waals surface area contributed by atoms with Gasteiger partial charge in [-0.15, -0.1) is 11.6 Å². The number of methoxy groups -OCH3 is 1. The zero-order valence-corrected chi connectivity index (χ0v) is 11.3. The Kier molecular flexibility index (Phi) is 3.86. The Balaban J connectivity index is 2.23. The van der Waals surface area contributed by atoms with E-state index in [0.717, 1.165) is 12.8 Å². The Hall–Kier alpha value is -1.56. The van der Waals surface area contributed by atoms with E-state index in [-0.39, 0.29) is 5.38 Å². The molecule has 2 rings (SSSR count). The van der Waals surface area contributed by atoms with Gasteiger partial charge in [0.1, 0.15) is 0 Å². The molecular weight excluding hydrogens is 256 g/mol. The third-order valence-corrected chi connectivity index (χ3v) is 2.94. The van der Waals surface area contributed by atoms with Crippen molar-refractivity contribution < 1.29 is 9.26 Å². The van der Waals surface area contributed by atoms with Crippen molar-refractivity contribution in [3.8, 4) is 17.5 Å². The average Bonchev–Trinajstić information content (AvgIpc) is 2.95. The fourth-order valence-electron chi connectivity index (χ4n) is 1.59. The topological polar surface area (TPSA) is 66.0 Å². The number of alkyl halides is 1. The molecule has 0 aliphatic heterocycles. The lowest BCUT2D eigenvalue weighted by Gasteiger charge is -1.99. The van der Waals surface area contributed by atoms with Crippen LogP contribution in [0.4, 0.5) is 0 Å². The highest BCUT2D eigenvalue weighted by molar-refractivity contribution is 6.20. The van der Waals surface area contributed by atoms with Crippen molar-refractivity contribution in [1.82, 2.24) is 19.9 Å². The van der Waals surface area contributed by atoms with E-state index in [0.29, 0.717) is 23.3 Å². The van der Waals surface area contributed by atoms with Gasteiger partial charge in [-0.3, -0.25) is 0 Å². The van der Waals surface area contributed by atoms with E-state index in [1.54, 1.807) is 24.9 Å². The summed E-state index contributed by atoms with van der Waals surface area (Å²) in [4.78, 5) is 4.25. The smallest absolute Gasteiger partial charge is 0.278 e. The summed E-state index contributed by atoms with van der Waals surface area (Å²) in [6.07, 6.45) is 1.78. The Morgan fingerprint density at radius 3 is 2.94 bits per heavy atom. The first kappa shape index (κ1) is 12.9. The molecule has 1 unspecified atom stereocenters. The van der Waals surface area contributed by atoms with Gasteiger partial charge in [0.25, 0.3) is 5.89 Å². The predicted molar refractivity (Wildman–Crippen MR) is 66.6 cm³/mol. The van der Waals surface area contributed by atoms with Crippen LogP contribution in [0.15, 0.2) is 10.6 Å². The van der Waals surface area contributed by atoms with E-state index in [1.807, 2.05) is 0 Å². The third kappa shape index (κ3) is 2.48. The third-order valence-electron chi connectivity index (χ3n) is 2.53. The van der Waals surface area contributed by atoms with Crippen LogP contribution >= 0.6 is 11.6 Å². The van der Waals surface area contributed by atoms with Crippen LogP contribution < -0.4 is 4.74 Å². The fourth-order valence-corrected chi connectivity index (χ4v) is 1.90. The normalized spacial score (nSPS) is 12.7. The van der Waals surface area contributed by atoms with Crippen LogP contribution in [-0.2, 0) is 7.05 Å². The first-order chi connectivity index (χ1) is 8.65. The number of ether oxygens (including phenoxy) is 1. The van der Waals surface area contributed by atoms with Crippen LogP contribution in [0.5, 0.6) is 5.88 Å². The van der Waals surface area contributed by atoms with Gasteiger partial charge in [0.15, 0.2) is 11.5 Å². The first-order valence-corrected chi connectivity index (χ1v) is 6.15. The number of rotatable bonds is 5.